The number of carbonyl (C=O) groups is 2. The van der Waals surface area contributed by atoms with Crippen LogP contribution in [0.4, 0.5) is 11.4 Å². The molecule has 2 aromatic carbocycles. The standard InChI is InChI=1S/C18H14N6O4/c25-17(8-7-13-3-1-6-16(9-13)24(27)28)21-15-5-2-4-14(10-15)18(26)22-23-11-19-20-12-23/h1-12H,(H,21,25)(H,22,26)/b8-7+. The van der Waals surface area contributed by atoms with Crippen molar-refractivity contribution in [1.82, 2.24) is 14.9 Å². The second-order valence-corrected chi connectivity index (χ2v) is 5.57. The minimum Gasteiger partial charge on any atom is -0.322 e. The van der Waals surface area contributed by atoms with E-state index < -0.39 is 16.7 Å². The van der Waals surface area contributed by atoms with Gasteiger partial charge in [0.15, 0.2) is 0 Å². The fourth-order valence-electron chi connectivity index (χ4n) is 2.28. The molecule has 0 aliphatic heterocycles. The van der Waals surface area contributed by atoms with Gasteiger partial charge in [0.1, 0.15) is 12.7 Å². The van der Waals surface area contributed by atoms with Crippen molar-refractivity contribution in [1.29, 1.82) is 0 Å². The highest BCUT2D eigenvalue weighted by atomic mass is 16.6. The maximum atomic E-state index is 12.2. The van der Waals surface area contributed by atoms with E-state index in [4.69, 9.17) is 0 Å². The maximum Gasteiger partial charge on any atom is 0.270 e. The summed E-state index contributed by atoms with van der Waals surface area (Å²) >= 11 is 0. The van der Waals surface area contributed by atoms with E-state index in [-0.39, 0.29) is 5.69 Å². The highest BCUT2D eigenvalue weighted by Crippen LogP contribution is 2.15. The molecule has 3 aromatic rings. The van der Waals surface area contributed by atoms with Crippen molar-refractivity contribution < 1.29 is 14.5 Å². The fourth-order valence-corrected chi connectivity index (χ4v) is 2.28. The van der Waals surface area contributed by atoms with Gasteiger partial charge in [-0.2, -0.15) is 0 Å². The summed E-state index contributed by atoms with van der Waals surface area (Å²) in [5, 5.41) is 20.6. The molecule has 0 aliphatic rings. The van der Waals surface area contributed by atoms with Crippen molar-refractivity contribution in [2.24, 2.45) is 0 Å². The molecule has 0 atom stereocenters. The Bertz CT molecular complexity index is 1050. The number of amides is 2. The Kier molecular flexibility index (Phi) is 5.51. The number of hydrogen-bond acceptors (Lipinski definition) is 6. The Morgan fingerprint density at radius 1 is 1.07 bits per heavy atom. The first kappa shape index (κ1) is 18.5. The number of nitrogens with zero attached hydrogens (tertiary/aromatic N) is 4. The van der Waals surface area contributed by atoms with E-state index in [1.165, 1.54) is 53.7 Å². The van der Waals surface area contributed by atoms with E-state index in [1.807, 2.05) is 0 Å². The van der Waals surface area contributed by atoms with Crippen LogP contribution in [0, 0.1) is 10.1 Å². The number of nitro benzene ring substituents is 1. The number of hydrogen-bond donors (Lipinski definition) is 2. The zero-order valence-corrected chi connectivity index (χ0v) is 14.4. The number of carbonyl (C=O) groups excluding carboxylic acids is 2. The van der Waals surface area contributed by atoms with E-state index >= 15 is 0 Å². The summed E-state index contributed by atoms with van der Waals surface area (Å²) in [6, 6.07) is 12.3. The Balaban J connectivity index is 1.65. The number of anilines is 1. The third-order valence-electron chi connectivity index (χ3n) is 3.55. The minimum atomic E-state index is -0.506. The molecule has 2 amide bonds. The largest absolute Gasteiger partial charge is 0.322 e. The van der Waals surface area contributed by atoms with Gasteiger partial charge in [0.2, 0.25) is 5.91 Å². The van der Waals surface area contributed by atoms with Crippen molar-refractivity contribution >= 4 is 29.3 Å². The Labute approximate surface area is 158 Å². The molecular formula is C18H14N6O4. The van der Waals surface area contributed by atoms with Crippen LogP contribution in [0.25, 0.3) is 6.08 Å². The van der Waals surface area contributed by atoms with Gasteiger partial charge < -0.3 is 5.32 Å². The minimum absolute atomic E-state index is 0.0608. The summed E-state index contributed by atoms with van der Waals surface area (Å²) in [7, 11) is 0. The van der Waals surface area contributed by atoms with Crippen molar-refractivity contribution in [3.05, 3.63) is 88.5 Å². The first-order chi connectivity index (χ1) is 13.5. The summed E-state index contributed by atoms with van der Waals surface area (Å²) in [6.07, 6.45) is 5.39. The molecule has 0 unspecified atom stereocenters. The average Bonchev–Trinajstić information content (AvgIpc) is 3.20. The molecule has 2 N–H and O–H groups in total. The predicted octanol–water partition coefficient (Wildman–Crippen LogP) is 2.22. The summed E-state index contributed by atoms with van der Waals surface area (Å²) in [6.45, 7) is 0. The molecule has 10 heteroatoms. The molecule has 10 nitrogen and oxygen atoms in total. The number of benzene rings is 2. The number of rotatable bonds is 6. The van der Waals surface area contributed by atoms with Gasteiger partial charge in [-0.05, 0) is 29.8 Å². The third-order valence-corrected chi connectivity index (χ3v) is 3.55. The Hall–Kier alpha value is -4.34. The lowest BCUT2D eigenvalue weighted by molar-refractivity contribution is -0.384. The first-order valence-corrected chi connectivity index (χ1v) is 8.01. The smallest absolute Gasteiger partial charge is 0.270 e. The van der Waals surface area contributed by atoms with Gasteiger partial charge in [0.05, 0.1) is 4.92 Å². The fraction of sp³-hybridized carbons (Fsp3) is 0. The quantitative estimate of drug-likeness (QED) is 0.384. The molecule has 1 heterocycles. The first-order valence-electron chi connectivity index (χ1n) is 8.01. The van der Waals surface area contributed by atoms with Crippen LogP contribution in [0.1, 0.15) is 15.9 Å². The summed E-state index contributed by atoms with van der Waals surface area (Å²) in [5.41, 5.74) is 3.76. The molecule has 140 valence electrons. The summed E-state index contributed by atoms with van der Waals surface area (Å²) in [4.78, 5) is 34.5. The SMILES string of the molecule is O=C(/C=C/c1cccc([N+](=O)[O-])c1)Nc1cccc(C(=O)Nn2cnnc2)c1. The van der Waals surface area contributed by atoms with E-state index in [0.29, 0.717) is 16.8 Å². The number of nitro groups is 1. The average molecular weight is 378 g/mol. The van der Waals surface area contributed by atoms with E-state index in [2.05, 4.69) is 20.9 Å². The lowest BCUT2D eigenvalue weighted by atomic mass is 10.2. The van der Waals surface area contributed by atoms with E-state index in [1.54, 1.807) is 24.3 Å². The topological polar surface area (TPSA) is 132 Å². The highest BCUT2D eigenvalue weighted by molar-refractivity contribution is 6.04. The summed E-state index contributed by atoms with van der Waals surface area (Å²) < 4.78 is 1.30. The van der Waals surface area contributed by atoms with Gasteiger partial charge in [-0.1, -0.05) is 18.2 Å². The number of nitrogens with one attached hydrogen (secondary N) is 2. The van der Waals surface area contributed by atoms with Gasteiger partial charge in [-0.15, -0.1) is 10.2 Å². The zero-order chi connectivity index (χ0) is 19.9. The molecule has 3 rings (SSSR count). The second-order valence-electron chi connectivity index (χ2n) is 5.57. The molecule has 1 aromatic heterocycles. The molecule has 0 saturated heterocycles. The van der Waals surface area contributed by atoms with Crippen LogP contribution in [0.15, 0.2) is 67.3 Å². The molecule has 0 bridgehead atoms. The number of aromatic nitrogens is 3. The Morgan fingerprint density at radius 3 is 2.57 bits per heavy atom. The van der Waals surface area contributed by atoms with Crippen LogP contribution in [0.2, 0.25) is 0 Å². The molecule has 28 heavy (non-hydrogen) atoms. The molecule has 0 saturated carbocycles. The van der Waals surface area contributed by atoms with Crippen molar-refractivity contribution in [3.63, 3.8) is 0 Å². The molecular weight excluding hydrogens is 364 g/mol. The number of non-ortho nitro benzene ring substituents is 1. The van der Waals surface area contributed by atoms with E-state index in [9.17, 15) is 19.7 Å². The van der Waals surface area contributed by atoms with Crippen LogP contribution in [-0.2, 0) is 4.79 Å². The van der Waals surface area contributed by atoms with Gasteiger partial charge >= 0.3 is 0 Å². The molecule has 0 fully saturated rings. The van der Waals surface area contributed by atoms with Crippen LogP contribution in [0.3, 0.4) is 0 Å². The Morgan fingerprint density at radius 2 is 1.82 bits per heavy atom. The van der Waals surface area contributed by atoms with Crippen molar-refractivity contribution in [2.45, 2.75) is 0 Å². The monoisotopic (exact) mass is 378 g/mol. The maximum absolute atomic E-state index is 12.2. The lowest BCUT2D eigenvalue weighted by Gasteiger charge is -2.07. The van der Waals surface area contributed by atoms with Crippen molar-refractivity contribution in [3.8, 4) is 0 Å². The molecule has 0 spiro atoms. The van der Waals surface area contributed by atoms with Gasteiger partial charge in [0.25, 0.3) is 11.6 Å². The van der Waals surface area contributed by atoms with Crippen molar-refractivity contribution in [2.75, 3.05) is 10.7 Å². The van der Waals surface area contributed by atoms with Crippen LogP contribution >= 0.6 is 0 Å². The molecule has 0 radical (unpaired) electrons. The predicted molar refractivity (Wildman–Crippen MR) is 101 cm³/mol. The zero-order valence-electron chi connectivity index (χ0n) is 14.4. The normalized spacial score (nSPS) is 10.6. The second kappa shape index (κ2) is 8.36. The van der Waals surface area contributed by atoms with E-state index in [0.717, 1.165) is 0 Å². The summed E-state index contributed by atoms with van der Waals surface area (Å²) in [5.74, 6) is -0.842. The van der Waals surface area contributed by atoms with Crippen LogP contribution in [0.5, 0.6) is 0 Å². The van der Waals surface area contributed by atoms with Gasteiger partial charge in [0, 0.05) is 29.5 Å². The van der Waals surface area contributed by atoms with Crippen LogP contribution in [-0.4, -0.2) is 31.6 Å². The van der Waals surface area contributed by atoms with Crippen LogP contribution < -0.4 is 10.7 Å². The highest BCUT2D eigenvalue weighted by Gasteiger charge is 2.08. The lowest BCUT2D eigenvalue weighted by Crippen LogP contribution is -2.21. The van der Waals surface area contributed by atoms with Gasteiger partial charge in [-0.25, -0.2) is 4.68 Å². The molecule has 0 aliphatic carbocycles. The third kappa shape index (κ3) is 4.85. The van der Waals surface area contributed by atoms with Gasteiger partial charge in [-0.3, -0.25) is 25.1 Å².